The van der Waals surface area contributed by atoms with E-state index in [4.69, 9.17) is 27.9 Å². The van der Waals surface area contributed by atoms with Crippen LogP contribution in [0.1, 0.15) is 25.5 Å². The molecule has 0 saturated heterocycles. The summed E-state index contributed by atoms with van der Waals surface area (Å²) in [5, 5.41) is 3.83. The standard InChI is InChI=1S/C13H16BrCl2NO/c1-3-17-9(2)12-6-10(14)4-5-13(12)18-8-11(16)7-15/h4-7,9,17H,3,8H2,1-2H3. The second kappa shape index (κ2) is 8.05. The molecule has 0 saturated carbocycles. The normalized spacial score (nSPS) is 13.5. The maximum absolute atomic E-state index is 5.82. The average Bonchev–Trinajstić information content (AvgIpc) is 2.37. The molecule has 1 unspecified atom stereocenters. The van der Waals surface area contributed by atoms with Crippen LogP contribution in [0.25, 0.3) is 0 Å². The number of hydrogen-bond acceptors (Lipinski definition) is 2. The second-order valence-corrected chi connectivity index (χ2v) is 5.43. The van der Waals surface area contributed by atoms with Crippen molar-refractivity contribution in [3.05, 3.63) is 38.8 Å². The second-order valence-electron chi connectivity index (χ2n) is 3.81. The number of halogens is 3. The van der Waals surface area contributed by atoms with Crippen LogP contribution < -0.4 is 10.1 Å². The summed E-state index contributed by atoms with van der Waals surface area (Å²) in [6.45, 7) is 5.34. The topological polar surface area (TPSA) is 21.3 Å². The molecule has 0 bridgehead atoms. The molecule has 0 heterocycles. The first-order chi connectivity index (χ1) is 8.58. The third kappa shape index (κ3) is 4.81. The summed E-state index contributed by atoms with van der Waals surface area (Å²) in [5.74, 6) is 0.809. The Kier molecular flexibility index (Phi) is 7.08. The van der Waals surface area contributed by atoms with Crippen molar-refractivity contribution in [3.8, 4) is 5.75 Å². The van der Waals surface area contributed by atoms with Gasteiger partial charge in [-0.1, -0.05) is 46.1 Å². The molecular weight excluding hydrogens is 337 g/mol. The van der Waals surface area contributed by atoms with Crippen molar-refractivity contribution < 1.29 is 4.74 Å². The summed E-state index contributed by atoms with van der Waals surface area (Å²) < 4.78 is 6.69. The van der Waals surface area contributed by atoms with Gasteiger partial charge in [-0.2, -0.15) is 0 Å². The molecule has 100 valence electrons. The summed E-state index contributed by atoms with van der Waals surface area (Å²) in [6.07, 6.45) is 0. The van der Waals surface area contributed by atoms with Crippen LogP contribution in [0.3, 0.4) is 0 Å². The SMILES string of the molecule is CCNC(C)c1cc(Br)ccc1OCC(Cl)=CCl. The van der Waals surface area contributed by atoms with Crippen molar-refractivity contribution in [2.45, 2.75) is 19.9 Å². The van der Waals surface area contributed by atoms with Gasteiger partial charge in [0.1, 0.15) is 12.4 Å². The van der Waals surface area contributed by atoms with Crippen LogP contribution in [0.15, 0.2) is 33.2 Å². The Bertz CT molecular complexity index is 423. The number of ether oxygens (including phenoxy) is 1. The largest absolute Gasteiger partial charge is 0.488 e. The van der Waals surface area contributed by atoms with Gasteiger partial charge in [0.05, 0.1) is 5.03 Å². The van der Waals surface area contributed by atoms with E-state index >= 15 is 0 Å². The average molecular weight is 353 g/mol. The molecule has 1 atom stereocenters. The molecule has 0 aliphatic rings. The van der Waals surface area contributed by atoms with E-state index < -0.39 is 0 Å². The zero-order valence-electron chi connectivity index (χ0n) is 10.3. The summed E-state index contributed by atoms with van der Waals surface area (Å²) in [6, 6.07) is 6.11. The highest BCUT2D eigenvalue weighted by Gasteiger charge is 2.11. The smallest absolute Gasteiger partial charge is 0.125 e. The van der Waals surface area contributed by atoms with Gasteiger partial charge in [0.2, 0.25) is 0 Å². The van der Waals surface area contributed by atoms with Crippen LogP contribution in [0.2, 0.25) is 0 Å². The first-order valence-corrected chi connectivity index (χ1v) is 7.29. The van der Waals surface area contributed by atoms with E-state index in [1.54, 1.807) is 0 Å². The van der Waals surface area contributed by atoms with Crippen molar-refractivity contribution in [2.75, 3.05) is 13.2 Å². The van der Waals surface area contributed by atoms with Crippen molar-refractivity contribution >= 4 is 39.1 Å². The molecule has 1 aromatic rings. The van der Waals surface area contributed by atoms with E-state index in [0.29, 0.717) is 5.03 Å². The molecule has 0 aliphatic carbocycles. The first kappa shape index (κ1) is 15.8. The number of nitrogens with one attached hydrogen (secondary N) is 1. The third-order valence-electron chi connectivity index (χ3n) is 2.43. The zero-order valence-corrected chi connectivity index (χ0v) is 13.4. The molecule has 0 amide bonds. The lowest BCUT2D eigenvalue weighted by Crippen LogP contribution is -2.18. The van der Waals surface area contributed by atoms with Crippen molar-refractivity contribution in [2.24, 2.45) is 0 Å². The van der Waals surface area contributed by atoms with Crippen molar-refractivity contribution in [1.29, 1.82) is 0 Å². The van der Waals surface area contributed by atoms with E-state index in [0.717, 1.165) is 22.3 Å². The quantitative estimate of drug-likeness (QED) is 0.792. The lowest BCUT2D eigenvalue weighted by molar-refractivity contribution is 0.350. The van der Waals surface area contributed by atoms with Gasteiger partial charge in [0.25, 0.3) is 0 Å². The molecule has 2 nitrogen and oxygen atoms in total. The minimum Gasteiger partial charge on any atom is -0.488 e. The molecule has 1 aromatic carbocycles. The van der Waals surface area contributed by atoms with Crippen LogP contribution in [0.4, 0.5) is 0 Å². The zero-order chi connectivity index (χ0) is 13.5. The lowest BCUT2D eigenvalue weighted by atomic mass is 10.1. The van der Waals surface area contributed by atoms with E-state index in [1.165, 1.54) is 5.54 Å². The minimum absolute atomic E-state index is 0.209. The number of hydrogen-bond donors (Lipinski definition) is 1. The van der Waals surface area contributed by atoms with Crippen molar-refractivity contribution in [3.63, 3.8) is 0 Å². The fourth-order valence-corrected chi connectivity index (χ4v) is 2.08. The molecular formula is C13H16BrCl2NO. The lowest BCUT2D eigenvalue weighted by Gasteiger charge is -2.18. The van der Waals surface area contributed by atoms with Crippen LogP contribution >= 0.6 is 39.1 Å². The molecule has 0 radical (unpaired) electrons. The Morgan fingerprint density at radius 3 is 2.89 bits per heavy atom. The van der Waals surface area contributed by atoms with Crippen LogP contribution in [-0.2, 0) is 0 Å². The van der Waals surface area contributed by atoms with E-state index in [1.807, 2.05) is 18.2 Å². The van der Waals surface area contributed by atoms with E-state index in [9.17, 15) is 0 Å². The Morgan fingerprint density at radius 1 is 1.56 bits per heavy atom. The molecule has 0 aromatic heterocycles. The van der Waals surface area contributed by atoms with Crippen molar-refractivity contribution in [1.82, 2.24) is 5.32 Å². The molecule has 1 N–H and O–H groups in total. The molecule has 18 heavy (non-hydrogen) atoms. The van der Waals surface area contributed by atoms with Crippen LogP contribution in [-0.4, -0.2) is 13.2 Å². The van der Waals surface area contributed by atoms with Gasteiger partial charge in [-0.05, 0) is 31.7 Å². The van der Waals surface area contributed by atoms with E-state index in [-0.39, 0.29) is 12.6 Å². The summed E-state index contributed by atoms with van der Waals surface area (Å²) in [7, 11) is 0. The van der Waals surface area contributed by atoms with Gasteiger partial charge in [0.15, 0.2) is 0 Å². The van der Waals surface area contributed by atoms with E-state index in [2.05, 4.69) is 35.1 Å². The number of benzene rings is 1. The molecule has 0 spiro atoms. The van der Waals surface area contributed by atoms with Crippen LogP contribution in [0.5, 0.6) is 5.75 Å². The highest BCUT2D eigenvalue weighted by Crippen LogP contribution is 2.29. The fourth-order valence-electron chi connectivity index (χ4n) is 1.58. The van der Waals surface area contributed by atoms with Gasteiger partial charge in [-0.25, -0.2) is 0 Å². The predicted octanol–water partition coefficient (Wildman–Crippen LogP) is 4.82. The monoisotopic (exact) mass is 351 g/mol. The molecule has 5 heteroatoms. The third-order valence-corrected chi connectivity index (χ3v) is 3.52. The Morgan fingerprint density at radius 2 is 2.28 bits per heavy atom. The van der Waals surface area contributed by atoms with Gasteiger partial charge in [-0.15, -0.1) is 0 Å². The fraction of sp³-hybridized carbons (Fsp3) is 0.385. The van der Waals surface area contributed by atoms with Gasteiger partial charge >= 0.3 is 0 Å². The Labute approximate surface area is 126 Å². The van der Waals surface area contributed by atoms with Gasteiger partial charge < -0.3 is 10.1 Å². The molecule has 1 rings (SSSR count). The highest BCUT2D eigenvalue weighted by molar-refractivity contribution is 9.10. The first-order valence-electron chi connectivity index (χ1n) is 5.68. The minimum atomic E-state index is 0.209. The Hall–Kier alpha value is -0.220. The van der Waals surface area contributed by atoms with Crippen LogP contribution in [0, 0.1) is 0 Å². The summed E-state index contributed by atoms with van der Waals surface area (Å²) in [5.41, 5.74) is 2.40. The maximum atomic E-state index is 5.82. The van der Waals surface area contributed by atoms with Gasteiger partial charge in [-0.3, -0.25) is 0 Å². The Balaban J connectivity index is 2.89. The summed E-state index contributed by atoms with van der Waals surface area (Å²) in [4.78, 5) is 0. The predicted molar refractivity (Wildman–Crippen MR) is 81.5 cm³/mol. The summed E-state index contributed by atoms with van der Waals surface area (Å²) >= 11 is 14.8. The molecule has 0 fully saturated rings. The molecule has 0 aliphatic heterocycles. The van der Waals surface area contributed by atoms with Gasteiger partial charge in [0, 0.05) is 21.6 Å². The maximum Gasteiger partial charge on any atom is 0.125 e. The highest BCUT2D eigenvalue weighted by atomic mass is 79.9. The number of rotatable bonds is 6.